The number of phenolic OH excluding ortho intramolecular Hbond substituents is 1. The van der Waals surface area contributed by atoms with Crippen LogP contribution in [0.2, 0.25) is 0 Å². The van der Waals surface area contributed by atoms with Gasteiger partial charge in [0.2, 0.25) is 0 Å². The maximum Gasteiger partial charge on any atom is 0.257 e. The van der Waals surface area contributed by atoms with Crippen molar-refractivity contribution in [2.75, 3.05) is 26.1 Å². The largest absolute Gasteiger partial charge is 0.504 e. The number of carbonyl (C=O) groups excluding carboxylic acids is 1. The van der Waals surface area contributed by atoms with Crippen molar-refractivity contribution in [3.05, 3.63) is 83.4 Å². The number of amides is 1. The topological polar surface area (TPSA) is 71.0 Å². The number of fused-ring (bicyclic) bond motifs is 1. The molecule has 30 heavy (non-hydrogen) atoms. The second kappa shape index (κ2) is 8.37. The number of aromatic hydroxyl groups is 1. The molecule has 2 N–H and O–H groups in total. The first-order valence-corrected chi connectivity index (χ1v) is 9.77. The summed E-state index contributed by atoms with van der Waals surface area (Å²) >= 11 is 0. The predicted octanol–water partition coefficient (Wildman–Crippen LogP) is 4.22. The first-order valence-electron chi connectivity index (χ1n) is 9.77. The maximum atomic E-state index is 13.3. The highest BCUT2D eigenvalue weighted by molar-refractivity contribution is 6.01. The van der Waals surface area contributed by atoms with E-state index in [4.69, 9.17) is 9.47 Å². The van der Waals surface area contributed by atoms with Crippen LogP contribution in [0.15, 0.2) is 66.7 Å². The van der Waals surface area contributed by atoms with Crippen LogP contribution in [-0.2, 0) is 6.42 Å². The van der Waals surface area contributed by atoms with E-state index >= 15 is 0 Å². The number of hydrogen-bond donors (Lipinski definition) is 2. The van der Waals surface area contributed by atoms with Crippen molar-refractivity contribution in [2.45, 2.75) is 12.6 Å². The summed E-state index contributed by atoms with van der Waals surface area (Å²) in [4.78, 5) is 15.1. The number of methoxy groups -OCH3 is 2. The second-order valence-corrected chi connectivity index (χ2v) is 7.12. The zero-order valence-electron chi connectivity index (χ0n) is 17.0. The van der Waals surface area contributed by atoms with Gasteiger partial charge in [0.05, 0.1) is 19.8 Å². The van der Waals surface area contributed by atoms with Crippen LogP contribution in [0.3, 0.4) is 0 Å². The molecule has 0 bridgehead atoms. The second-order valence-electron chi connectivity index (χ2n) is 7.12. The summed E-state index contributed by atoms with van der Waals surface area (Å²) < 4.78 is 10.4. The van der Waals surface area contributed by atoms with E-state index in [0.717, 1.165) is 22.6 Å². The molecule has 6 heteroatoms. The van der Waals surface area contributed by atoms with E-state index in [9.17, 15) is 9.90 Å². The van der Waals surface area contributed by atoms with Gasteiger partial charge in [-0.05, 0) is 53.9 Å². The van der Waals surface area contributed by atoms with Gasteiger partial charge in [-0.3, -0.25) is 4.79 Å². The van der Waals surface area contributed by atoms with Gasteiger partial charge in [0.25, 0.3) is 5.91 Å². The number of nitrogens with one attached hydrogen (secondary N) is 1. The maximum absolute atomic E-state index is 13.3. The van der Waals surface area contributed by atoms with Crippen molar-refractivity contribution in [1.82, 2.24) is 4.90 Å². The third-order valence-corrected chi connectivity index (χ3v) is 5.34. The molecular formula is C24H24N2O4. The quantitative estimate of drug-likeness (QED) is 0.644. The molecule has 0 radical (unpaired) electrons. The Bertz CT molecular complexity index is 1050. The summed E-state index contributed by atoms with van der Waals surface area (Å²) in [5.41, 5.74) is 3.31. The molecule has 0 unspecified atom stereocenters. The molecule has 3 aromatic carbocycles. The Morgan fingerprint density at radius 2 is 1.77 bits per heavy atom. The molecule has 1 amide bonds. The molecule has 4 rings (SSSR count). The van der Waals surface area contributed by atoms with E-state index in [0.29, 0.717) is 24.3 Å². The van der Waals surface area contributed by atoms with E-state index in [1.165, 1.54) is 7.11 Å². The summed E-state index contributed by atoms with van der Waals surface area (Å²) in [6.45, 7) is 0.518. The lowest BCUT2D eigenvalue weighted by molar-refractivity contribution is 0.0685. The van der Waals surface area contributed by atoms with Crippen molar-refractivity contribution in [3.8, 4) is 17.2 Å². The number of rotatable bonds is 6. The van der Waals surface area contributed by atoms with Gasteiger partial charge >= 0.3 is 0 Å². The normalized spacial score (nSPS) is 15.3. The SMILES string of the molecule is COc1ccc(CCN2C(=O)c3ccccc3N[C@@H]2c2ccc(OC)c(O)c2)cc1. The Labute approximate surface area is 175 Å². The van der Waals surface area contributed by atoms with E-state index < -0.39 is 6.17 Å². The number of carbonyl (C=O) groups is 1. The molecule has 0 spiro atoms. The summed E-state index contributed by atoms with van der Waals surface area (Å²) in [7, 11) is 3.15. The number of benzene rings is 3. The molecule has 0 aliphatic carbocycles. The van der Waals surface area contributed by atoms with Crippen LogP contribution in [-0.4, -0.2) is 36.7 Å². The minimum absolute atomic E-state index is 0.0400. The van der Waals surface area contributed by atoms with Crippen LogP contribution in [0.5, 0.6) is 17.2 Å². The van der Waals surface area contributed by atoms with Crippen molar-refractivity contribution < 1.29 is 19.4 Å². The number of hydrogen-bond acceptors (Lipinski definition) is 5. The molecule has 1 heterocycles. The van der Waals surface area contributed by atoms with E-state index in [1.807, 2.05) is 54.6 Å². The average molecular weight is 404 g/mol. The van der Waals surface area contributed by atoms with Crippen molar-refractivity contribution in [1.29, 1.82) is 0 Å². The Hall–Kier alpha value is -3.67. The number of nitrogens with zero attached hydrogens (tertiary/aromatic N) is 1. The van der Waals surface area contributed by atoms with E-state index in [1.54, 1.807) is 24.1 Å². The fourth-order valence-corrected chi connectivity index (χ4v) is 3.71. The van der Waals surface area contributed by atoms with Gasteiger partial charge in [0, 0.05) is 12.2 Å². The Balaban J connectivity index is 1.64. The first kappa shape index (κ1) is 19.6. The zero-order chi connectivity index (χ0) is 21.1. The fraction of sp³-hybridized carbons (Fsp3) is 0.208. The Morgan fingerprint density at radius 1 is 1.00 bits per heavy atom. The molecule has 0 fully saturated rings. The summed E-state index contributed by atoms with van der Waals surface area (Å²) in [6, 6.07) is 20.5. The molecule has 1 aliphatic heterocycles. The lowest BCUT2D eigenvalue weighted by atomic mass is 10.0. The number of phenols is 1. The molecule has 0 aromatic heterocycles. The minimum atomic E-state index is -0.401. The van der Waals surface area contributed by atoms with E-state index in [-0.39, 0.29) is 11.7 Å². The van der Waals surface area contributed by atoms with Crippen LogP contribution >= 0.6 is 0 Å². The van der Waals surface area contributed by atoms with E-state index in [2.05, 4.69) is 5.32 Å². The number of ether oxygens (including phenoxy) is 2. The first-order chi connectivity index (χ1) is 14.6. The van der Waals surface area contributed by atoms with Crippen LogP contribution in [0.4, 0.5) is 5.69 Å². The van der Waals surface area contributed by atoms with Crippen LogP contribution < -0.4 is 14.8 Å². The highest BCUT2D eigenvalue weighted by atomic mass is 16.5. The van der Waals surface area contributed by atoms with Crippen molar-refractivity contribution in [2.24, 2.45) is 0 Å². The molecule has 3 aromatic rings. The molecular weight excluding hydrogens is 380 g/mol. The minimum Gasteiger partial charge on any atom is -0.504 e. The van der Waals surface area contributed by atoms with Gasteiger partial charge in [-0.2, -0.15) is 0 Å². The third kappa shape index (κ3) is 3.76. The van der Waals surface area contributed by atoms with Gasteiger partial charge in [0.1, 0.15) is 11.9 Å². The summed E-state index contributed by atoms with van der Waals surface area (Å²) in [5, 5.41) is 13.7. The Kier molecular flexibility index (Phi) is 5.48. The van der Waals surface area contributed by atoms with Crippen LogP contribution in [0.25, 0.3) is 0 Å². The number of anilines is 1. The van der Waals surface area contributed by atoms with Gasteiger partial charge in [-0.1, -0.05) is 30.3 Å². The molecule has 6 nitrogen and oxygen atoms in total. The van der Waals surface area contributed by atoms with Gasteiger partial charge in [0.15, 0.2) is 11.5 Å². The number of para-hydroxylation sites is 1. The summed E-state index contributed by atoms with van der Waals surface area (Å²) in [5.74, 6) is 1.19. The van der Waals surface area contributed by atoms with Gasteiger partial charge in [-0.25, -0.2) is 0 Å². The van der Waals surface area contributed by atoms with Crippen molar-refractivity contribution >= 4 is 11.6 Å². The van der Waals surface area contributed by atoms with Crippen LogP contribution in [0, 0.1) is 0 Å². The van der Waals surface area contributed by atoms with Gasteiger partial charge < -0.3 is 24.8 Å². The lowest BCUT2D eigenvalue weighted by Gasteiger charge is -2.38. The highest BCUT2D eigenvalue weighted by Gasteiger charge is 2.32. The molecule has 1 atom stereocenters. The molecule has 0 saturated heterocycles. The lowest BCUT2D eigenvalue weighted by Crippen LogP contribution is -2.43. The molecule has 154 valence electrons. The smallest absolute Gasteiger partial charge is 0.257 e. The zero-order valence-corrected chi connectivity index (χ0v) is 17.0. The average Bonchev–Trinajstić information content (AvgIpc) is 2.78. The predicted molar refractivity (Wildman–Crippen MR) is 115 cm³/mol. The standard InChI is InChI=1S/C24H24N2O4/c1-29-18-10-7-16(8-11-18)13-14-26-23(17-9-12-22(30-2)21(27)15-17)25-20-6-4-3-5-19(20)24(26)28/h3-12,15,23,25,27H,13-14H2,1-2H3/t23-/m0/s1. The molecule has 0 saturated carbocycles. The summed E-state index contributed by atoms with van der Waals surface area (Å²) in [6.07, 6.45) is 0.292. The third-order valence-electron chi connectivity index (χ3n) is 5.34. The van der Waals surface area contributed by atoms with Gasteiger partial charge in [-0.15, -0.1) is 0 Å². The molecule has 1 aliphatic rings. The highest BCUT2D eigenvalue weighted by Crippen LogP contribution is 2.36. The van der Waals surface area contributed by atoms with Crippen LogP contribution in [0.1, 0.15) is 27.7 Å². The Morgan fingerprint density at radius 3 is 2.47 bits per heavy atom. The monoisotopic (exact) mass is 404 g/mol. The fourth-order valence-electron chi connectivity index (χ4n) is 3.71. The van der Waals surface area contributed by atoms with Crippen molar-refractivity contribution in [3.63, 3.8) is 0 Å².